The van der Waals surface area contributed by atoms with Crippen molar-refractivity contribution in [2.45, 2.75) is 77.5 Å². The summed E-state index contributed by atoms with van der Waals surface area (Å²) in [7, 11) is 1.39. The summed E-state index contributed by atoms with van der Waals surface area (Å²) in [5, 5.41) is 11.9. The molecular weight excluding hydrogens is 587 g/mol. The molecule has 0 aliphatic heterocycles. The molecule has 3 aromatic rings. The largest absolute Gasteiger partial charge is 0.496 e. The molecule has 0 bridgehead atoms. The van der Waals surface area contributed by atoms with Gasteiger partial charge in [0.1, 0.15) is 5.75 Å². The van der Waals surface area contributed by atoms with E-state index in [1.165, 1.54) is 33.9 Å². The normalized spacial score (nSPS) is 14.6. The van der Waals surface area contributed by atoms with Crippen LogP contribution in [-0.4, -0.2) is 12.2 Å². The van der Waals surface area contributed by atoms with Gasteiger partial charge in [0.05, 0.1) is 29.4 Å². The predicted molar refractivity (Wildman–Crippen MR) is 146 cm³/mol. The quantitative estimate of drug-likeness (QED) is 0.266. The lowest BCUT2D eigenvalue weighted by molar-refractivity contribution is -0.144. The number of halogens is 9. The lowest BCUT2D eigenvalue weighted by atomic mass is 9.68. The first-order chi connectivity index (χ1) is 19.5. The summed E-state index contributed by atoms with van der Waals surface area (Å²) < 4.78 is 129. The van der Waals surface area contributed by atoms with Crippen LogP contribution in [0.1, 0.15) is 80.3 Å². The van der Waals surface area contributed by atoms with Crippen molar-refractivity contribution in [2.75, 3.05) is 7.11 Å². The van der Waals surface area contributed by atoms with Gasteiger partial charge in [-0.05, 0) is 88.9 Å². The van der Waals surface area contributed by atoms with E-state index in [9.17, 15) is 44.6 Å². The maximum Gasteiger partial charge on any atom is 0.416 e. The van der Waals surface area contributed by atoms with Gasteiger partial charge < -0.3 is 9.84 Å². The predicted octanol–water partition coefficient (Wildman–Crippen LogP) is 10.4. The number of aryl methyl sites for hydroxylation is 1. The van der Waals surface area contributed by atoms with Crippen LogP contribution >= 0.6 is 0 Å². The van der Waals surface area contributed by atoms with Crippen LogP contribution in [-0.2, 0) is 30.6 Å². The molecule has 0 fully saturated rings. The first kappa shape index (κ1) is 34.3. The highest BCUT2D eigenvalue weighted by molar-refractivity contribution is 5.75. The van der Waals surface area contributed by atoms with Gasteiger partial charge in [-0.3, -0.25) is 0 Å². The average molecular weight is 621 g/mol. The first-order valence-corrected chi connectivity index (χ1v) is 13.4. The fourth-order valence-electron chi connectivity index (χ4n) is 5.00. The molecule has 0 radical (unpaired) electrons. The number of hydrogen-bond donors (Lipinski definition) is 1. The Kier molecular flexibility index (Phi) is 9.33. The Labute approximate surface area is 244 Å². The zero-order valence-corrected chi connectivity index (χ0v) is 24.4. The summed E-state index contributed by atoms with van der Waals surface area (Å²) in [6.45, 7) is 8.15. The second-order valence-corrected chi connectivity index (χ2v) is 11.9. The van der Waals surface area contributed by atoms with Gasteiger partial charge in [-0.25, -0.2) is 0 Å². The highest BCUT2D eigenvalue weighted by Crippen LogP contribution is 2.47. The Hall–Kier alpha value is -3.21. The molecule has 0 aliphatic rings. The number of benzene rings is 3. The van der Waals surface area contributed by atoms with Crippen molar-refractivity contribution in [3.05, 3.63) is 88.0 Å². The molecule has 1 atom stereocenters. The van der Waals surface area contributed by atoms with E-state index >= 15 is 0 Å². The number of hydrogen-bond acceptors (Lipinski definition) is 2. The minimum absolute atomic E-state index is 0.0362. The topological polar surface area (TPSA) is 29.5 Å². The van der Waals surface area contributed by atoms with Gasteiger partial charge in [0.25, 0.3) is 0 Å². The zero-order chi connectivity index (χ0) is 32.8. The van der Waals surface area contributed by atoms with Crippen molar-refractivity contribution in [3.63, 3.8) is 0 Å². The van der Waals surface area contributed by atoms with E-state index < -0.39 is 58.2 Å². The van der Waals surface area contributed by atoms with Crippen molar-refractivity contribution < 1.29 is 49.4 Å². The van der Waals surface area contributed by atoms with Crippen molar-refractivity contribution in [2.24, 2.45) is 5.41 Å². The van der Waals surface area contributed by atoms with Crippen molar-refractivity contribution >= 4 is 0 Å². The van der Waals surface area contributed by atoms with Crippen LogP contribution in [0, 0.1) is 5.41 Å². The Morgan fingerprint density at radius 3 is 1.60 bits per heavy atom. The third kappa shape index (κ3) is 7.48. The molecule has 0 spiro atoms. The van der Waals surface area contributed by atoms with Crippen molar-refractivity contribution in [1.29, 1.82) is 0 Å². The number of rotatable bonds is 7. The summed E-state index contributed by atoms with van der Waals surface area (Å²) >= 11 is 0. The Balaban J connectivity index is 2.25. The minimum Gasteiger partial charge on any atom is -0.496 e. The van der Waals surface area contributed by atoms with Gasteiger partial charge in [0.2, 0.25) is 0 Å². The molecule has 3 rings (SSSR count). The fourth-order valence-corrected chi connectivity index (χ4v) is 5.00. The second-order valence-electron chi connectivity index (χ2n) is 11.9. The molecule has 0 heterocycles. The molecule has 1 N–H and O–H groups in total. The van der Waals surface area contributed by atoms with Gasteiger partial charge in [0.15, 0.2) is 0 Å². The van der Waals surface area contributed by atoms with Gasteiger partial charge in [-0.2, -0.15) is 39.5 Å². The molecule has 0 saturated carbocycles. The molecule has 0 aliphatic carbocycles. The maximum absolute atomic E-state index is 13.8. The maximum atomic E-state index is 13.8. The average Bonchev–Trinajstić information content (AvgIpc) is 2.88. The SMILES string of the molecule is COc1ccc(C(C)C)cc1-c1ccc(C(F)(F)F)cc1CCC(O)(c1cc(C(F)(F)F)cc(C(F)(F)F)c1)C(C)(C)C. The van der Waals surface area contributed by atoms with Crippen LogP contribution in [0.3, 0.4) is 0 Å². The number of aliphatic hydroxyl groups is 1. The highest BCUT2D eigenvalue weighted by atomic mass is 19.4. The third-order valence-electron chi connectivity index (χ3n) is 7.68. The lowest BCUT2D eigenvalue weighted by Gasteiger charge is -2.42. The van der Waals surface area contributed by atoms with Crippen LogP contribution in [0.25, 0.3) is 11.1 Å². The molecule has 0 aromatic heterocycles. The molecule has 0 saturated heterocycles. The van der Waals surface area contributed by atoms with E-state index in [2.05, 4.69) is 0 Å². The van der Waals surface area contributed by atoms with Crippen LogP contribution < -0.4 is 4.74 Å². The molecule has 236 valence electrons. The summed E-state index contributed by atoms with van der Waals surface area (Å²) in [5.41, 5.74) is -6.78. The Morgan fingerprint density at radius 2 is 1.16 bits per heavy atom. The van der Waals surface area contributed by atoms with Gasteiger partial charge >= 0.3 is 18.5 Å². The van der Waals surface area contributed by atoms with E-state index in [0.29, 0.717) is 29.0 Å². The lowest BCUT2D eigenvalue weighted by Crippen LogP contribution is -2.41. The fraction of sp³-hybridized carbons (Fsp3) is 0.438. The van der Waals surface area contributed by atoms with Gasteiger partial charge in [-0.15, -0.1) is 0 Å². The standard InChI is InChI=1S/C32H33F9O2/c1-18(2)19-7-10-27(43-6)26(14-19)25-9-8-21(30(33,34)35)13-20(25)11-12-29(42,28(3,4)5)22-15-23(31(36,37)38)17-24(16-22)32(39,40)41/h7-10,13-18,42H,11-12H2,1-6H3. The van der Waals surface area contributed by atoms with Crippen LogP contribution in [0.2, 0.25) is 0 Å². The smallest absolute Gasteiger partial charge is 0.416 e. The molecule has 1 unspecified atom stereocenters. The molecular formula is C32H33F9O2. The highest BCUT2D eigenvalue weighted by Gasteiger charge is 2.45. The number of methoxy groups -OCH3 is 1. The molecule has 43 heavy (non-hydrogen) atoms. The molecule has 2 nitrogen and oxygen atoms in total. The van der Waals surface area contributed by atoms with E-state index in [4.69, 9.17) is 4.74 Å². The summed E-state index contributed by atoms with van der Waals surface area (Å²) in [4.78, 5) is 0. The van der Waals surface area contributed by atoms with Crippen molar-refractivity contribution in [1.82, 2.24) is 0 Å². The zero-order valence-electron chi connectivity index (χ0n) is 24.4. The van der Waals surface area contributed by atoms with Crippen LogP contribution in [0.5, 0.6) is 5.75 Å². The third-order valence-corrected chi connectivity index (χ3v) is 7.68. The summed E-state index contributed by atoms with van der Waals surface area (Å²) in [5.74, 6) is 0.404. The Bertz CT molecular complexity index is 1410. The summed E-state index contributed by atoms with van der Waals surface area (Å²) in [6, 6.07) is 9.14. The van der Waals surface area contributed by atoms with E-state index in [-0.39, 0.29) is 24.0 Å². The molecule has 11 heteroatoms. The van der Waals surface area contributed by atoms with E-state index in [0.717, 1.165) is 17.7 Å². The van der Waals surface area contributed by atoms with E-state index in [1.807, 2.05) is 13.8 Å². The Morgan fingerprint density at radius 1 is 0.651 bits per heavy atom. The second kappa shape index (κ2) is 11.7. The molecule has 0 amide bonds. The van der Waals surface area contributed by atoms with Crippen LogP contribution in [0.4, 0.5) is 39.5 Å². The van der Waals surface area contributed by atoms with Gasteiger partial charge in [0, 0.05) is 5.56 Å². The van der Waals surface area contributed by atoms with Gasteiger partial charge in [-0.1, -0.05) is 46.8 Å². The number of ether oxygens (including phenoxy) is 1. The minimum atomic E-state index is -5.15. The molecule has 3 aromatic carbocycles. The van der Waals surface area contributed by atoms with Crippen molar-refractivity contribution in [3.8, 4) is 16.9 Å². The monoisotopic (exact) mass is 620 g/mol. The first-order valence-electron chi connectivity index (χ1n) is 13.4. The van der Waals surface area contributed by atoms with E-state index in [1.54, 1.807) is 18.2 Å². The summed E-state index contributed by atoms with van der Waals surface area (Å²) in [6.07, 6.45) is -15.8. The van der Waals surface area contributed by atoms with Crippen LogP contribution in [0.15, 0.2) is 54.6 Å². The number of alkyl halides is 9.